The summed E-state index contributed by atoms with van der Waals surface area (Å²) in [5.74, 6) is -0.457. The zero-order valence-corrected chi connectivity index (χ0v) is 15.6. The Labute approximate surface area is 161 Å². The zero-order valence-electron chi connectivity index (χ0n) is 15.6. The Hall–Kier alpha value is -3.62. The SMILES string of the molecule is CCOC(=O)c1cccc(O[C@@H](C)C(=O)Nc2cc([N+](=O)[O-])ccc2OC)c1. The summed E-state index contributed by atoms with van der Waals surface area (Å²) in [6.45, 7) is 3.46. The fraction of sp³-hybridized carbons (Fsp3) is 0.263. The molecule has 0 aliphatic heterocycles. The Morgan fingerprint density at radius 3 is 2.61 bits per heavy atom. The summed E-state index contributed by atoms with van der Waals surface area (Å²) in [6, 6.07) is 10.1. The zero-order chi connectivity index (χ0) is 20.7. The van der Waals surface area contributed by atoms with Gasteiger partial charge in [0.1, 0.15) is 11.5 Å². The summed E-state index contributed by atoms with van der Waals surface area (Å²) in [5, 5.41) is 13.5. The molecule has 2 aromatic carbocycles. The van der Waals surface area contributed by atoms with Gasteiger partial charge < -0.3 is 19.5 Å². The second-order valence-electron chi connectivity index (χ2n) is 5.64. The van der Waals surface area contributed by atoms with Crippen LogP contribution in [-0.4, -0.2) is 36.6 Å². The Bertz CT molecular complexity index is 882. The number of nitrogens with zero attached hydrogens (tertiary/aromatic N) is 1. The van der Waals surface area contributed by atoms with Crippen LogP contribution in [0.4, 0.5) is 11.4 Å². The number of non-ortho nitro benzene ring substituents is 1. The van der Waals surface area contributed by atoms with Gasteiger partial charge in [-0.2, -0.15) is 0 Å². The number of benzene rings is 2. The highest BCUT2D eigenvalue weighted by Crippen LogP contribution is 2.29. The number of hydrogen-bond donors (Lipinski definition) is 1. The van der Waals surface area contributed by atoms with Crippen molar-refractivity contribution in [2.75, 3.05) is 19.0 Å². The van der Waals surface area contributed by atoms with Gasteiger partial charge in [0, 0.05) is 12.1 Å². The summed E-state index contributed by atoms with van der Waals surface area (Å²) in [7, 11) is 1.39. The number of nitrogens with one attached hydrogen (secondary N) is 1. The first-order valence-corrected chi connectivity index (χ1v) is 8.42. The first-order chi connectivity index (χ1) is 13.3. The minimum Gasteiger partial charge on any atom is -0.495 e. The Balaban J connectivity index is 2.11. The highest BCUT2D eigenvalue weighted by atomic mass is 16.6. The van der Waals surface area contributed by atoms with Gasteiger partial charge in [-0.3, -0.25) is 14.9 Å². The lowest BCUT2D eigenvalue weighted by Crippen LogP contribution is -2.30. The lowest BCUT2D eigenvalue weighted by atomic mass is 10.2. The molecule has 1 amide bonds. The second kappa shape index (κ2) is 9.36. The van der Waals surface area contributed by atoms with Crippen LogP contribution in [0.5, 0.6) is 11.5 Å². The van der Waals surface area contributed by atoms with E-state index in [9.17, 15) is 19.7 Å². The number of carbonyl (C=O) groups is 2. The molecule has 0 aromatic heterocycles. The van der Waals surface area contributed by atoms with E-state index in [0.29, 0.717) is 11.3 Å². The maximum atomic E-state index is 12.4. The third kappa shape index (κ3) is 5.19. The molecule has 0 saturated carbocycles. The van der Waals surface area contributed by atoms with Crippen molar-refractivity contribution >= 4 is 23.3 Å². The molecule has 0 radical (unpaired) electrons. The Kier molecular flexibility index (Phi) is 6.91. The molecule has 0 aliphatic carbocycles. The highest BCUT2D eigenvalue weighted by molar-refractivity contribution is 5.96. The fourth-order valence-electron chi connectivity index (χ4n) is 2.31. The van der Waals surface area contributed by atoms with Gasteiger partial charge in [0.2, 0.25) is 0 Å². The van der Waals surface area contributed by atoms with E-state index < -0.39 is 22.9 Å². The maximum Gasteiger partial charge on any atom is 0.338 e. The number of methoxy groups -OCH3 is 1. The largest absolute Gasteiger partial charge is 0.495 e. The number of esters is 1. The van der Waals surface area contributed by atoms with Crippen molar-refractivity contribution in [3.05, 3.63) is 58.1 Å². The standard InChI is InChI=1S/C19H20N2O7/c1-4-27-19(23)13-6-5-7-15(10-13)28-12(2)18(22)20-16-11-14(21(24)25)8-9-17(16)26-3/h5-12H,4H2,1-3H3,(H,20,22)/t12-/m0/s1. The van der Waals surface area contributed by atoms with Gasteiger partial charge in [0.15, 0.2) is 6.10 Å². The molecule has 0 aliphatic rings. The van der Waals surface area contributed by atoms with Crippen molar-refractivity contribution in [2.24, 2.45) is 0 Å². The predicted octanol–water partition coefficient (Wildman–Crippen LogP) is 3.19. The Morgan fingerprint density at radius 2 is 1.96 bits per heavy atom. The summed E-state index contributed by atoms with van der Waals surface area (Å²) >= 11 is 0. The van der Waals surface area contributed by atoms with Crippen LogP contribution >= 0.6 is 0 Å². The van der Waals surface area contributed by atoms with Crippen LogP contribution < -0.4 is 14.8 Å². The van der Waals surface area contributed by atoms with E-state index in [-0.39, 0.29) is 23.7 Å². The lowest BCUT2D eigenvalue weighted by Gasteiger charge is -2.16. The maximum absolute atomic E-state index is 12.4. The van der Waals surface area contributed by atoms with Crippen LogP contribution in [-0.2, 0) is 9.53 Å². The second-order valence-corrected chi connectivity index (χ2v) is 5.64. The third-order valence-electron chi connectivity index (χ3n) is 3.68. The first kappa shape index (κ1) is 20.7. The van der Waals surface area contributed by atoms with Crippen molar-refractivity contribution in [3.8, 4) is 11.5 Å². The summed E-state index contributed by atoms with van der Waals surface area (Å²) < 4.78 is 15.6. The molecule has 0 unspecified atom stereocenters. The Morgan fingerprint density at radius 1 is 1.21 bits per heavy atom. The normalized spacial score (nSPS) is 11.2. The van der Waals surface area contributed by atoms with Gasteiger partial charge in [0.05, 0.1) is 29.9 Å². The minimum atomic E-state index is -0.943. The molecule has 0 heterocycles. The van der Waals surface area contributed by atoms with Gasteiger partial charge in [-0.1, -0.05) is 6.07 Å². The van der Waals surface area contributed by atoms with E-state index in [1.54, 1.807) is 25.1 Å². The molecule has 9 nitrogen and oxygen atoms in total. The fourth-order valence-corrected chi connectivity index (χ4v) is 2.31. The van der Waals surface area contributed by atoms with Crippen molar-refractivity contribution in [1.29, 1.82) is 0 Å². The van der Waals surface area contributed by atoms with E-state index in [1.807, 2.05) is 0 Å². The van der Waals surface area contributed by atoms with Crippen LogP contribution in [0.3, 0.4) is 0 Å². The van der Waals surface area contributed by atoms with E-state index >= 15 is 0 Å². The molecule has 148 valence electrons. The topological polar surface area (TPSA) is 117 Å². The molecule has 0 bridgehead atoms. The van der Waals surface area contributed by atoms with Gasteiger partial charge in [-0.15, -0.1) is 0 Å². The molecule has 28 heavy (non-hydrogen) atoms. The number of carbonyl (C=O) groups excluding carboxylic acids is 2. The molecule has 9 heteroatoms. The molecule has 1 atom stereocenters. The van der Waals surface area contributed by atoms with E-state index in [2.05, 4.69) is 5.32 Å². The van der Waals surface area contributed by atoms with Gasteiger partial charge in [-0.25, -0.2) is 4.79 Å². The third-order valence-corrected chi connectivity index (χ3v) is 3.68. The van der Waals surface area contributed by atoms with E-state index in [0.717, 1.165) is 0 Å². The number of hydrogen-bond acceptors (Lipinski definition) is 7. The number of rotatable bonds is 8. The van der Waals surface area contributed by atoms with Gasteiger partial charge in [0.25, 0.3) is 11.6 Å². The molecule has 0 saturated heterocycles. The number of nitro benzene ring substituents is 1. The average molecular weight is 388 g/mol. The van der Waals surface area contributed by atoms with E-state index in [1.165, 1.54) is 38.3 Å². The molecule has 0 fully saturated rings. The molecular formula is C19H20N2O7. The molecule has 0 spiro atoms. The quantitative estimate of drug-likeness (QED) is 0.419. The molecular weight excluding hydrogens is 368 g/mol. The minimum absolute atomic E-state index is 0.150. The summed E-state index contributed by atoms with van der Waals surface area (Å²) in [6.07, 6.45) is -0.943. The number of amides is 1. The van der Waals surface area contributed by atoms with Crippen molar-refractivity contribution in [2.45, 2.75) is 20.0 Å². The lowest BCUT2D eigenvalue weighted by molar-refractivity contribution is -0.384. The smallest absolute Gasteiger partial charge is 0.338 e. The van der Waals surface area contributed by atoms with Crippen LogP contribution in [0.25, 0.3) is 0 Å². The monoisotopic (exact) mass is 388 g/mol. The van der Waals surface area contributed by atoms with Crippen molar-refractivity contribution < 1.29 is 28.7 Å². The van der Waals surface area contributed by atoms with Crippen LogP contribution in [0.15, 0.2) is 42.5 Å². The van der Waals surface area contributed by atoms with Crippen molar-refractivity contribution in [3.63, 3.8) is 0 Å². The van der Waals surface area contributed by atoms with Crippen LogP contribution in [0, 0.1) is 10.1 Å². The van der Waals surface area contributed by atoms with Gasteiger partial charge in [-0.05, 0) is 38.1 Å². The molecule has 2 aromatic rings. The van der Waals surface area contributed by atoms with E-state index in [4.69, 9.17) is 14.2 Å². The molecule has 2 rings (SSSR count). The van der Waals surface area contributed by atoms with Gasteiger partial charge >= 0.3 is 5.97 Å². The average Bonchev–Trinajstić information content (AvgIpc) is 2.68. The first-order valence-electron chi connectivity index (χ1n) is 8.42. The number of anilines is 1. The van der Waals surface area contributed by atoms with Crippen molar-refractivity contribution in [1.82, 2.24) is 0 Å². The summed E-state index contributed by atoms with van der Waals surface area (Å²) in [5.41, 5.74) is 0.261. The van der Waals surface area contributed by atoms with Crippen LogP contribution in [0.2, 0.25) is 0 Å². The number of nitro groups is 1. The van der Waals surface area contributed by atoms with Crippen LogP contribution in [0.1, 0.15) is 24.2 Å². The predicted molar refractivity (Wildman–Crippen MR) is 101 cm³/mol. The highest BCUT2D eigenvalue weighted by Gasteiger charge is 2.19. The summed E-state index contributed by atoms with van der Waals surface area (Å²) in [4.78, 5) is 34.6. The number of ether oxygens (including phenoxy) is 3. The molecule has 1 N–H and O–H groups in total.